The van der Waals surface area contributed by atoms with E-state index in [1.807, 2.05) is 19.1 Å². The lowest BCUT2D eigenvalue weighted by atomic mass is 10.1. The smallest absolute Gasteiger partial charge is 0.142 e. The molecule has 0 fully saturated rings. The Morgan fingerprint density at radius 2 is 1.95 bits per heavy atom. The summed E-state index contributed by atoms with van der Waals surface area (Å²) in [6.45, 7) is 3.99. The highest BCUT2D eigenvalue weighted by Gasteiger charge is 2.17. The third-order valence-corrected chi connectivity index (χ3v) is 4.54. The van der Waals surface area contributed by atoms with Crippen LogP contribution in [0.25, 0.3) is 0 Å². The van der Waals surface area contributed by atoms with E-state index >= 15 is 0 Å². The lowest BCUT2D eigenvalue weighted by Gasteiger charge is -2.20. The number of rotatable bonds is 4. The second-order valence-electron chi connectivity index (χ2n) is 4.78. The first-order valence-corrected chi connectivity index (χ1v) is 8.17. The van der Waals surface area contributed by atoms with E-state index in [1.54, 1.807) is 0 Å². The molecule has 1 N–H and O–H groups in total. The normalized spacial score (nSPS) is 12.3. The molecule has 2 aromatic carbocycles. The van der Waals surface area contributed by atoms with Gasteiger partial charge >= 0.3 is 0 Å². The van der Waals surface area contributed by atoms with Crippen LogP contribution in [0.4, 0.5) is 10.1 Å². The summed E-state index contributed by atoms with van der Waals surface area (Å²) in [5, 5.41) is 3.88. The topological polar surface area (TPSA) is 12.0 Å². The lowest BCUT2D eigenvalue weighted by molar-refractivity contribution is 0.624. The Morgan fingerprint density at radius 3 is 2.62 bits per heavy atom. The molecule has 1 nitrogen and oxygen atoms in total. The van der Waals surface area contributed by atoms with Crippen LogP contribution >= 0.6 is 39.1 Å². The fourth-order valence-electron chi connectivity index (χ4n) is 2.24. The van der Waals surface area contributed by atoms with Crippen LogP contribution in [-0.4, -0.2) is 0 Å². The molecule has 0 aliphatic heterocycles. The van der Waals surface area contributed by atoms with Crippen molar-refractivity contribution in [2.24, 2.45) is 0 Å². The van der Waals surface area contributed by atoms with Gasteiger partial charge in [-0.3, -0.25) is 0 Å². The summed E-state index contributed by atoms with van der Waals surface area (Å²) in [5.41, 5.74) is 2.73. The number of hydrogen-bond donors (Lipinski definition) is 1. The van der Waals surface area contributed by atoms with Gasteiger partial charge in [-0.2, -0.15) is 0 Å². The number of halogens is 4. The third-order valence-electron chi connectivity index (χ3n) is 3.33. The van der Waals surface area contributed by atoms with Gasteiger partial charge in [0, 0.05) is 20.7 Å². The van der Waals surface area contributed by atoms with E-state index in [-0.39, 0.29) is 11.1 Å². The van der Waals surface area contributed by atoms with Gasteiger partial charge in [-0.25, -0.2) is 4.39 Å². The minimum atomic E-state index is -0.462. The Morgan fingerprint density at radius 1 is 1.24 bits per heavy atom. The first kappa shape index (κ1) is 16.6. The number of benzene rings is 2. The molecular formula is C16H15BrCl2FN. The highest BCUT2D eigenvalue weighted by Crippen LogP contribution is 2.35. The van der Waals surface area contributed by atoms with Crippen molar-refractivity contribution in [3.63, 3.8) is 0 Å². The van der Waals surface area contributed by atoms with E-state index in [0.717, 1.165) is 16.6 Å². The second-order valence-corrected chi connectivity index (χ2v) is 6.48. The Balaban J connectivity index is 2.35. The largest absolute Gasteiger partial charge is 0.378 e. The van der Waals surface area contributed by atoms with E-state index in [9.17, 15) is 4.39 Å². The molecule has 112 valence electrons. The van der Waals surface area contributed by atoms with Gasteiger partial charge in [0.15, 0.2) is 0 Å². The lowest BCUT2D eigenvalue weighted by Crippen LogP contribution is -2.10. The quantitative estimate of drug-likeness (QED) is 0.577. The van der Waals surface area contributed by atoms with Crippen LogP contribution in [0.2, 0.25) is 10.0 Å². The van der Waals surface area contributed by atoms with Crippen LogP contribution in [0.3, 0.4) is 0 Å². The van der Waals surface area contributed by atoms with Crippen molar-refractivity contribution in [1.82, 2.24) is 0 Å². The maximum atomic E-state index is 13.6. The summed E-state index contributed by atoms with van der Waals surface area (Å²) in [4.78, 5) is 0. The van der Waals surface area contributed by atoms with Crippen molar-refractivity contribution in [3.8, 4) is 0 Å². The van der Waals surface area contributed by atoms with Gasteiger partial charge in [-0.1, -0.05) is 46.1 Å². The molecule has 1 unspecified atom stereocenters. The van der Waals surface area contributed by atoms with E-state index in [1.165, 1.54) is 17.7 Å². The fraction of sp³-hybridized carbons (Fsp3) is 0.250. The van der Waals surface area contributed by atoms with E-state index < -0.39 is 5.82 Å². The molecule has 0 aliphatic carbocycles. The monoisotopic (exact) mass is 389 g/mol. The SMILES string of the molecule is CCc1cc(Br)ccc1NC(C)c1c(Cl)ccc(F)c1Cl. The fourth-order valence-corrected chi connectivity index (χ4v) is 3.35. The van der Waals surface area contributed by atoms with Crippen molar-refractivity contribution in [2.75, 3.05) is 5.32 Å². The Hall–Kier alpha value is -0.770. The second kappa shape index (κ2) is 6.99. The maximum absolute atomic E-state index is 13.6. The minimum absolute atomic E-state index is 0.0673. The molecule has 5 heteroatoms. The van der Waals surface area contributed by atoms with Gasteiger partial charge in [-0.05, 0) is 49.2 Å². The Labute approximate surface area is 142 Å². The van der Waals surface area contributed by atoms with Crippen LogP contribution in [-0.2, 0) is 6.42 Å². The van der Waals surface area contributed by atoms with E-state index in [4.69, 9.17) is 23.2 Å². The molecule has 0 radical (unpaired) electrons. The molecule has 0 aromatic heterocycles. The summed E-state index contributed by atoms with van der Waals surface area (Å²) >= 11 is 15.7. The third kappa shape index (κ3) is 3.71. The number of nitrogens with one attached hydrogen (secondary N) is 1. The summed E-state index contributed by atoms with van der Waals surface area (Å²) in [7, 11) is 0. The highest BCUT2D eigenvalue weighted by molar-refractivity contribution is 9.10. The first-order chi connectivity index (χ1) is 9.93. The van der Waals surface area contributed by atoms with Gasteiger partial charge in [0.05, 0.1) is 11.1 Å². The number of aryl methyl sites for hydroxylation is 1. The summed E-state index contributed by atoms with van der Waals surface area (Å²) in [6.07, 6.45) is 0.888. The van der Waals surface area contributed by atoms with Gasteiger partial charge in [0.1, 0.15) is 5.82 Å². The van der Waals surface area contributed by atoms with Gasteiger partial charge in [0.2, 0.25) is 0 Å². The Kier molecular flexibility index (Phi) is 5.53. The number of anilines is 1. The average Bonchev–Trinajstić information content (AvgIpc) is 2.45. The van der Waals surface area contributed by atoms with Gasteiger partial charge in [-0.15, -0.1) is 0 Å². The predicted molar refractivity (Wildman–Crippen MR) is 92.0 cm³/mol. The Bertz CT molecular complexity index is 661. The van der Waals surface area contributed by atoms with Crippen molar-refractivity contribution >= 4 is 44.8 Å². The van der Waals surface area contributed by atoms with Crippen molar-refractivity contribution in [1.29, 1.82) is 0 Å². The average molecular weight is 391 g/mol. The molecule has 2 aromatic rings. The van der Waals surface area contributed by atoms with Crippen LogP contribution in [0.15, 0.2) is 34.8 Å². The molecule has 0 saturated heterocycles. The minimum Gasteiger partial charge on any atom is -0.378 e. The van der Waals surface area contributed by atoms with Crippen LogP contribution in [0.1, 0.15) is 31.0 Å². The highest BCUT2D eigenvalue weighted by atomic mass is 79.9. The van der Waals surface area contributed by atoms with Crippen molar-refractivity contribution in [2.45, 2.75) is 26.3 Å². The number of hydrogen-bond acceptors (Lipinski definition) is 1. The molecule has 0 saturated carbocycles. The zero-order chi connectivity index (χ0) is 15.6. The standard InChI is InChI=1S/C16H15BrCl2FN/c1-3-10-8-11(17)4-7-14(10)21-9(2)15-12(18)5-6-13(20)16(15)19/h4-9,21H,3H2,1-2H3. The zero-order valence-electron chi connectivity index (χ0n) is 11.7. The van der Waals surface area contributed by atoms with Crippen LogP contribution in [0, 0.1) is 5.82 Å². The summed E-state index contributed by atoms with van der Waals surface area (Å²) in [5.74, 6) is -0.462. The zero-order valence-corrected chi connectivity index (χ0v) is 14.8. The van der Waals surface area contributed by atoms with Crippen LogP contribution < -0.4 is 5.32 Å². The van der Waals surface area contributed by atoms with Crippen molar-refractivity contribution in [3.05, 3.63) is 61.8 Å². The molecule has 0 heterocycles. The van der Waals surface area contributed by atoms with Crippen molar-refractivity contribution < 1.29 is 4.39 Å². The molecule has 2 rings (SSSR count). The molecule has 0 spiro atoms. The molecular weight excluding hydrogens is 376 g/mol. The van der Waals surface area contributed by atoms with Gasteiger partial charge < -0.3 is 5.32 Å². The predicted octanol–water partition coefficient (Wildman–Crippen LogP) is 6.63. The molecule has 0 amide bonds. The molecule has 21 heavy (non-hydrogen) atoms. The van der Waals surface area contributed by atoms with E-state index in [0.29, 0.717) is 10.6 Å². The van der Waals surface area contributed by atoms with Gasteiger partial charge in [0.25, 0.3) is 0 Å². The molecule has 1 atom stereocenters. The molecule has 0 aliphatic rings. The molecule has 0 bridgehead atoms. The summed E-state index contributed by atoms with van der Waals surface area (Å²) in [6, 6.07) is 8.61. The van der Waals surface area contributed by atoms with Crippen LogP contribution in [0.5, 0.6) is 0 Å². The maximum Gasteiger partial charge on any atom is 0.142 e. The summed E-state index contributed by atoms with van der Waals surface area (Å²) < 4.78 is 14.7. The first-order valence-electron chi connectivity index (χ1n) is 6.62. The van der Waals surface area contributed by atoms with E-state index in [2.05, 4.69) is 34.2 Å².